The number of anilines is 1. The molecule has 1 N–H and O–H groups in total. The van der Waals surface area contributed by atoms with Gasteiger partial charge in [-0.2, -0.15) is 9.67 Å². The molecule has 3 aromatic carbocycles. The summed E-state index contributed by atoms with van der Waals surface area (Å²) in [7, 11) is 0. The highest BCUT2D eigenvalue weighted by Crippen LogP contribution is 2.23. The number of aromatic nitrogens is 3. The summed E-state index contributed by atoms with van der Waals surface area (Å²) in [6.07, 6.45) is 1.56. The molecule has 0 spiro atoms. The normalized spacial score (nSPS) is 11.0. The Morgan fingerprint density at radius 3 is 2.58 bits per heavy atom. The van der Waals surface area contributed by atoms with Crippen LogP contribution in [0.4, 0.5) is 5.95 Å². The first kappa shape index (κ1) is 18.8. The van der Waals surface area contributed by atoms with E-state index < -0.39 is 0 Å². The Morgan fingerprint density at radius 2 is 1.77 bits per heavy atom. The van der Waals surface area contributed by atoms with Gasteiger partial charge < -0.3 is 9.73 Å². The molecule has 0 saturated heterocycles. The highest BCUT2D eigenvalue weighted by Gasteiger charge is 2.21. The van der Waals surface area contributed by atoms with Crippen LogP contribution in [-0.4, -0.2) is 20.7 Å². The second kappa shape index (κ2) is 7.91. The lowest BCUT2D eigenvalue weighted by Gasteiger charge is -2.09. The molecule has 0 bridgehead atoms. The van der Waals surface area contributed by atoms with Crippen LogP contribution in [0.25, 0.3) is 22.4 Å². The first-order valence-corrected chi connectivity index (χ1v) is 10.0. The molecule has 5 rings (SSSR count). The highest BCUT2D eigenvalue weighted by atomic mass is 16.3. The van der Waals surface area contributed by atoms with E-state index in [1.54, 1.807) is 18.4 Å². The van der Waals surface area contributed by atoms with Gasteiger partial charge in [0.05, 0.1) is 6.26 Å². The van der Waals surface area contributed by atoms with Crippen molar-refractivity contribution in [2.24, 2.45) is 0 Å². The van der Waals surface area contributed by atoms with Crippen LogP contribution < -0.4 is 5.32 Å². The monoisotopic (exact) mass is 408 g/mol. The van der Waals surface area contributed by atoms with Crippen LogP contribution in [0.5, 0.6) is 0 Å². The number of furan rings is 1. The first-order valence-electron chi connectivity index (χ1n) is 10.0. The zero-order valence-corrected chi connectivity index (χ0v) is 16.9. The smallest absolute Gasteiger partial charge is 0.282 e. The summed E-state index contributed by atoms with van der Waals surface area (Å²) < 4.78 is 6.76. The lowest BCUT2D eigenvalue weighted by molar-refractivity contribution is 0.0949. The zero-order valence-electron chi connectivity index (χ0n) is 16.9. The Morgan fingerprint density at radius 1 is 0.968 bits per heavy atom. The fourth-order valence-electron chi connectivity index (χ4n) is 3.49. The number of carbonyl (C=O) groups excluding carboxylic acids is 1. The van der Waals surface area contributed by atoms with Crippen LogP contribution in [0.15, 0.2) is 89.5 Å². The van der Waals surface area contributed by atoms with E-state index in [2.05, 4.69) is 27.5 Å². The molecule has 5 aromatic rings. The number of aryl methyl sites for hydroxylation is 1. The van der Waals surface area contributed by atoms with Gasteiger partial charge in [-0.05, 0) is 41.5 Å². The van der Waals surface area contributed by atoms with E-state index in [9.17, 15) is 4.79 Å². The molecule has 0 aliphatic heterocycles. The molecule has 0 fully saturated rings. The van der Waals surface area contributed by atoms with Crippen LogP contribution in [-0.2, 0) is 6.54 Å². The van der Waals surface area contributed by atoms with E-state index in [1.807, 2.05) is 61.5 Å². The van der Waals surface area contributed by atoms with Crippen LogP contribution in [0.3, 0.4) is 0 Å². The molecule has 0 atom stereocenters. The molecule has 0 amide bonds. The SMILES string of the molecule is Cc1ccc(CNc2nc(-c3ccco3)nn2C(=O)c2cccc3ccccc23)cc1. The number of nitrogens with zero attached hydrogens (tertiary/aromatic N) is 3. The van der Waals surface area contributed by atoms with E-state index in [0.717, 1.165) is 16.3 Å². The predicted octanol–water partition coefficient (Wildman–Crippen LogP) is 5.30. The maximum absolute atomic E-state index is 13.5. The maximum Gasteiger partial charge on any atom is 0.282 e. The van der Waals surface area contributed by atoms with Gasteiger partial charge in [-0.25, -0.2) is 0 Å². The van der Waals surface area contributed by atoms with Gasteiger partial charge in [-0.3, -0.25) is 4.79 Å². The summed E-state index contributed by atoms with van der Waals surface area (Å²) in [5, 5.41) is 9.58. The standard InChI is InChI=1S/C25H20N4O2/c1-17-11-13-18(14-12-17)16-26-25-27-23(22-10-5-15-31-22)28-29(25)24(30)21-9-4-7-19-6-2-3-8-20(19)21/h2-15H,16H2,1H3,(H,26,27,28). The third kappa shape index (κ3) is 3.71. The summed E-state index contributed by atoms with van der Waals surface area (Å²) >= 11 is 0. The lowest BCUT2D eigenvalue weighted by Crippen LogP contribution is -2.18. The van der Waals surface area contributed by atoms with Gasteiger partial charge in [0.15, 0.2) is 5.76 Å². The maximum atomic E-state index is 13.5. The number of hydrogen-bond acceptors (Lipinski definition) is 5. The lowest BCUT2D eigenvalue weighted by atomic mass is 10.0. The van der Waals surface area contributed by atoms with Crippen molar-refractivity contribution in [1.29, 1.82) is 0 Å². The minimum atomic E-state index is -0.256. The van der Waals surface area contributed by atoms with Crippen molar-refractivity contribution in [3.8, 4) is 11.6 Å². The van der Waals surface area contributed by atoms with Gasteiger partial charge in [0, 0.05) is 12.1 Å². The molecule has 6 heteroatoms. The van der Waals surface area contributed by atoms with Gasteiger partial charge in [0.25, 0.3) is 5.91 Å². The number of hydrogen-bond donors (Lipinski definition) is 1. The van der Waals surface area contributed by atoms with Gasteiger partial charge >= 0.3 is 0 Å². The fourth-order valence-corrected chi connectivity index (χ4v) is 3.49. The van der Waals surface area contributed by atoms with E-state index in [4.69, 9.17) is 4.42 Å². The topological polar surface area (TPSA) is 73.0 Å². The minimum absolute atomic E-state index is 0.256. The van der Waals surface area contributed by atoms with Crippen molar-refractivity contribution in [3.63, 3.8) is 0 Å². The van der Waals surface area contributed by atoms with Gasteiger partial charge in [0.2, 0.25) is 11.8 Å². The van der Waals surface area contributed by atoms with Crippen molar-refractivity contribution in [3.05, 3.63) is 102 Å². The minimum Gasteiger partial charge on any atom is -0.461 e. The molecule has 0 unspecified atom stereocenters. The van der Waals surface area contributed by atoms with E-state index >= 15 is 0 Å². The average molecular weight is 408 g/mol. The highest BCUT2D eigenvalue weighted by molar-refractivity contribution is 6.08. The summed E-state index contributed by atoms with van der Waals surface area (Å²) in [4.78, 5) is 18.0. The molecule has 0 aliphatic carbocycles. The first-order chi connectivity index (χ1) is 15.2. The molecule has 6 nitrogen and oxygen atoms in total. The van der Waals surface area contributed by atoms with E-state index in [-0.39, 0.29) is 5.91 Å². The summed E-state index contributed by atoms with van der Waals surface area (Å²) in [6, 6.07) is 25.2. The van der Waals surface area contributed by atoms with Crippen molar-refractivity contribution in [2.45, 2.75) is 13.5 Å². The van der Waals surface area contributed by atoms with Crippen molar-refractivity contribution in [2.75, 3.05) is 5.32 Å². The second-order valence-corrected chi connectivity index (χ2v) is 7.32. The third-order valence-corrected chi connectivity index (χ3v) is 5.13. The molecular weight excluding hydrogens is 388 g/mol. The summed E-state index contributed by atoms with van der Waals surface area (Å²) in [6.45, 7) is 2.56. The Hall–Kier alpha value is -4.19. The number of fused-ring (bicyclic) bond motifs is 1. The number of rotatable bonds is 5. The molecule has 0 radical (unpaired) electrons. The van der Waals surface area contributed by atoms with Crippen molar-refractivity contribution >= 4 is 22.6 Å². The fraction of sp³-hybridized carbons (Fsp3) is 0.0800. The quantitative estimate of drug-likeness (QED) is 0.427. The Kier molecular flexibility index (Phi) is 4.80. The van der Waals surface area contributed by atoms with E-state index in [0.29, 0.717) is 29.6 Å². The Bertz CT molecular complexity index is 1350. The average Bonchev–Trinajstić information content (AvgIpc) is 3.48. The molecule has 0 saturated carbocycles. The largest absolute Gasteiger partial charge is 0.461 e. The second-order valence-electron chi connectivity index (χ2n) is 7.32. The molecular formula is C25H20N4O2. The van der Waals surface area contributed by atoms with Crippen LogP contribution in [0, 0.1) is 6.92 Å². The van der Waals surface area contributed by atoms with Gasteiger partial charge in [-0.15, -0.1) is 5.10 Å². The van der Waals surface area contributed by atoms with Gasteiger partial charge in [-0.1, -0.05) is 66.2 Å². The summed E-state index contributed by atoms with van der Waals surface area (Å²) in [5.74, 6) is 0.964. The third-order valence-electron chi connectivity index (χ3n) is 5.13. The van der Waals surface area contributed by atoms with Crippen LogP contribution >= 0.6 is 0 Å². The molecule has 31 heavy (non-hydrogen) atoms. The number of benzene rings is 3. The predicted molar refractivity (Wildman–Crippen MR) is 120 cm³/mol. The number of nitrogens with one attached hydrogen (secondary N) is 1. The molecule has 2 heterocycles. The molecule has 152 valence electrons. The van der Waals surface area contributed by atoms with Crippen LogP contribution in [0.2, 0.25) is 0 Å². The molecule has 0 aliphatic rings. The van der Waals surface area contributed by atoms with Crippen molar-refractivity contribution in [1.82, 2.24) is 14.8 Å². The Labute approximate surface area is 179 Å². The Balaban J connectivity index is 1.54. The van der Waals surface area contributed by atoms with E-state index in [1.165, 1.54) is 10.2 Å². The zero-order chi connectivity index (χ0) is 21.2. The van der Waals surface area contributed by atoms with Gasteiger partial charge in [0.1, 0.15) is 0 Å². The van der Waals surface area contributed by atoms with Crippen molar-refractivity contribution < 1.29 is 9.21 Å². The summed E-state index contributed by atoms with van der Waals surface area (Å²) in [5.41, 5.74) is 2.84. The number of carbonyl (C=O) groups is 1. The van der Waals surface area contributed by atoms with Crippen LogP contribution in [0.1, 0.15) is 21.5 Å². The molecule has 2 aromatic heterocycles.